The van der Waals surface area contributed by atoms with E-state index in [4.69, 9.17) is 5.73 Å². The average molecular weight is 495 g/mol. The number of halogens is 3. The van der Waals surface area contributed by atoms with Crippen molar-refractivity contribution in [1.29, 1.82) is 0 Å². The highest BCUT2D eigenvalue weighted by Gasteiger charge is 2.31. The Morgan fingerprint density at radius 3 is 2.44 bits per heavy atom. The second-order valence-corrected chi connectivity index (χ2v) is 9.19. The number of sulfonamides is 1. The Hall–Kier alpha value is -3.87. The second kappa shape index (κ2) is 9.17. The summed E-state index contributed by atoms with van der Waals surface area (Å²) in [6, 6.07) is 10.2. The van der Waals surface area contributed by atoms with Gasteiger partial charge in [0.25, 0.3) is 11.5 Å². The Kier molecular flexibility index (Phi) is 6.68. The average Bonchev–Trinajstić information content (AvgIpc) is 2.72. The van der Waals surface area contributed by atoms with Gasteiger partial charge in [-0.05, 0) is 48.9 Å². The third kappa shape index (κ3) is 5.92. The highest BCUT2D eigenvalue weighted by atomic mass is 32.2. The van der Waals surface area contributed by atoms with Gasteiger partial charge in [0, 0.05) is 11.8 Å². The third-order valence-corrected chi connectivity index (χ3v) is 5.20. The van der Waals surface area contributed by atoms with Crippen molar-refractivity contribution in [2.24, 2.45) is 0 Å². The first-order valence-corrected chi connectivity index (χ1v) is 11.6. The van der Waals surface area contributed by atoms with E-state index in [9.17, 15) is 31.2 Å². The molecule has 3 rings (SSSR count). The first kappa shape index (κ1) is 24.8. The maximum absolute atomic E-state index is 13.1. The molecular formula is C21H20F3N5O4S. The highest BCUT2D eigenvalue weighted by molar-refractivity contribution is 7.92. The van der Waals surface area contributed by atoms with Gasteiger partial charge in [0.1, 0.15) is 5.69 Å². The van der Waals surface area contributed by atoms with Crippen molar-refractivity contribution in [3.63, 3.8) is 0 Å². The predicted octanol–water partition coefficient (Wildman–Crippen LogP) is 2.70. The molecule has 0 bridgehead atoms. The first-order valence-electron chi connectivity index (χ1n) is 9.71. The zero-order valence-electron chi connectivity index (χ0n) is 17.9. The lowest BCUT2D eigenvalue weighted by Gasteiger charge is -2.17. The number of rotatable bonds is 6. The highest BCUT2D eigenvalue weighted by Crippen LogP contribution is 2.32. The van der Waals surface area contributed by atoms with Crippen LogP contribution >= 0.6 is 0 Å². The van der Waals surface area contributed by atoms with Crippen molar-refractivity contribution in [3.05, 3.63) is 81.8 Å². The van der Waals surface area contributed by atoms with Crippen LogP contribution in [0.1, 0.15) is 34.6 Å². The van der Waals surface area contributed by atoms with E-state index in [0.29, 0.717) is 0 Å². The molecular weight excluding hydrogens is 475 g/mol. The topological polar surface area (TPSA) is 136 Å². The van der Waals surface area contributed by atoms with E-state index in [2.05, 4.69) is 15.1 Å². The summed E-state index contributed by atoms with van der Waals surface area (Å²) in [6.07, 6.45) is -3.68. The molecule has 0 aliphatic heterocycles. The number of alkyl halides is 3. The minimum Gasteiger partial charge on any atom is -0.399 e. The van der Waals surface area contributed by atoms with Gasteiger partial charge >= 0.3 is 6.18 Å². The summed E-state index contributed by atoms with van der Waals surface area (Å²) in [4.78, 5) is 25.1. The lowest BCUT2D eigenvalue weighted by atomic mass is 10.0. The minimum atomic E-state index is -4.61. The molecule has 1 amide bonds. The number of carbonyl (C=O) groups excluding carboxylic acids is 1. The fraction of sp³-hybridized carbons (Fsp3) is 0.190. The van der Waals surface area contributed by atoms with E-state index >= 15 is 0 Å². The number of nitrogens with one attached hydrogen (secondary N) is 2. The minimum absolute atomic E-state index is 0.0602. The van der Waals surface area contributed by atoms with Crippen LogP contribution in [-0.2, 0) is 16.2 Å². The van der Waals surface area contributed by atoms with Crippen LogP contribution in [0.5, 0.6) is 0 Å². The quantitative estimate of drug-likeness (QED) is 0.450. The van der Waals surface area contributed by atoms with Gasteiger partial charge in [-0.15, -0.1) is 0 Å². The van der Waals surface area contributed by atoms with Gasteiger partial charge in [-0.25, -0.2) is 8.42 Å². The van der Waals surface area contributed by atoms with Crippen LogP contribution in [0.4, 0.5) is 24.5 Å². The molecule has 1 atom stereocenters. The van der Waals surface area contributed by atoms with E-state index in [1.807, 2.05) is 0 Å². The zero-order chi connectivity index (χ0) is 25.3. The van der Waals surface area contributed by atoms with Gasteiger partial charge < -0.3 is 11.1 Å². The number of nitrogen functional groups attached to an aromatic ring is 1. The van der Waals surface area contributed by atoms with Crippen molar-refractivity contribution in [1.82, 2.24) is 15.1 Å². The molecule has 0 saturated carbocycles. The number of para-hydroxylation sites is 2. The molecule has 34 heavy (non-hydrogen) atoms. The van der Waals surface area contributed by atoms with Gasteiger partial charge in [-0.2, -0.15) is 23.0 Å². The zero-order valence-corrected chi connectivity index (χ0v) is 18.7. The molecule has 0 radical (unpaired) electrons. The molecule has 0 aliphatic carbocycles. The largest absolute Gasteiger partial charge is 0.416 e. The van der Waals surface area contributed by atoms with E-state index in [1.54, 1.807) is 12.1 Å². The van der Waals surface area contributed by atoms with Crippen LogP contribution in [0.3, 0.4) is 0 Å². The van der Waals surface area contributed by atoms with Crippen molar-refractivity contribution < 1.29 is 26.4 Å². The normalized spacial score (nSPS) is 12.7. The molecule has 0 spiro atoms. The molecule has 13 heteroatoms. The Morgan fingerprint density at radius 1 is 1.12 bits per heavy atom. The van der Waals surface area contributed by atoms with Crippen LogP contribution in [-0.4, -0.2) is 30.4 Å². The summed E-state index contributed by atoms with van der Waals surface area (Å²) in [6.45, 7) is 1.47. The van der Waals surface area contributed by atoms with Crippen LogP contribution in [0, 0.1) is 0 Å². The van der Waals surface area contributed by atoms with E-state index in [0.717, 1.165) is 35.2 Å². The number of hydrogen-bond donors (Lipinski definition) is 3. The fourth-order valence-electron chi connectivity index (χ4n) is 3.09. The standard InChI is InChI=1S/C21H20F3N5O4S/c1-12(13-9-14(21(22,23)24)11-15(25)10-13)26-20(31)17-7-8-19(30)29(27-17)18-6-4-3-5-16(18)28-34(2,32)33/h3-12,28H,25H2,1-2H3,(H,26,31)/t12-/m1/s1. The summed E-state index contributed by atoms with van der Waals surface area (Å²) in [7, 11) is -3.67. The number of hydrogen-bond acceptors (Lipinski definition) is 6. The fourth-order valence-corrected chi connectivity index (χ4v) is 3.67. The molecule has 3 aromatic rings. The third-order valence-electron chi connectivity index (χ3n) is 4.61. The second-order valence-electron chi connectivity index (χ2n) is 7.44. The molecule has 9 nitrogen and oxygen atoms in total. The van der Waals surface area contributed by atoms with Crippen LogP contribution in [0.25, 0.3) is 5.69 Å². The Morgan fingerprint density at radius 2 is 1.79 bits per heavy atom. The summed E-state index contributed by atoms with van der Waals surface area (Å²) in [5, 5.41) is 6.52. The Labute approximate surface area is 192 Å². The van der Waals surface area contributed by atoms with Gasteiger partial charge in [0.15, 0.2) is 0 Å². The van der Waals surface area contributed by atoms with Gasteiger partial charge in [-0.1, -0.05) is 12.1 Å². The maximum Gasteiger partial charge on any atom is 0.416 e. The number of nitrogens with zero attached hydrogens (tertiary/aromatic N) is 2. The number of aromatic nitrogens is 2. The molecule has 180 valence electrons. The Balaban J connectivity index is 1.92. The smallest absolute Gasteiger partial charge is 0.399 e. The number of nitrogens with two attached hydrogens (primary N) is 1. The molecule has 0 saturated heterocycles. The summed E-state index contributed by atoms with van der Waals surface area (Å²) in [5.74, 6) is -0.772. The SMILES string of the molecule is C[C@@H](NC(=O)c1ccc(=O)n(-c2ccccc2NS(C)(=O)=O)n1)c1cc(N)cc(C(F)(F)F)c1. The van der Waals surface area contributed by atoms with Crippen molar-refractivity contribution in [3.8, 4) is 5.69 Å². The first-order chi connectivity index (χ1) is 15.7. The summed E-state index contributed by atoms with van der Waals surface area (Å²) < 4.78 is 65.7. The van der Waals surface area contributed by atoms with Crippen LogP contribution in [0.15, 0.2) is 59.4 Å². The monoisotopic (exact) mass is 495 g/mol. The number of carbonyl (C=O) groups is 1. The van der Waals surface area contributed by atoms with E-state index in [1.165, 1.54) is 25.1 Å². The molecule has 1 aromatic heterocycles. The molecule has 2 aromatic carbocycles. The maximum atomic E-state index is 13.1. The Bertz CT molecular complexity index is 1400. The molecule has 1 heterocycles. The van der Waals surface area contributed by atoms with Crippen molar-refractivity contribution >= 4 is 27.3 Å². The molecule has 4 N–H and O–H groups in total. The lowest BCUT2D eigenvalue weighted by Crippen LogP contribution is -2.31. The van der Waals surface area contributed by atoms with Gasteiger partial charge in [-0.3, -0.25) is 14.3 Å². The number of amides is 1. The molecule has 0 unspecified atom stereocenters. The lowest BCUT2D eigenvalue weighted by molar-refractivity contribution is -0.137. The van der Waals surface area contributed by atoms with Gasteiger partial charge in [0.05, 0.1) is 29.2 Å². The number of benzene rings is 2. The predicted molar refractivity (Wildman–Crippen MR) is 120 cm³/mol. The van der Waals surface area contributed by atoms with Crippen LogP contribution in [0.2, 0.25) is 0 Å². The van der Waals surface area contributed by atoms with Crippen molar-refractivity contribution in [2.75, 3.05) is 16.7 Å². The van der Waals surface area contributed by atoms with E-state index < -0.39 is 39.3 Å². The number of anilines is 2. The summed E-state index contributed by atoms with van der Waals surface area (Å²) >= 11 is 0. The van der Waals surface area contributed by atoms with Crippen molar-refractivity contribution in [2.45, 2.75) is 19.1 Å². The van der Waals surface area contributed by atoms with Crippen LogP contribution < -0.4 is 21.3 Å². The summed E-state index contributed by atoms with van der Waals surface area (Å²) in [5.41, 5.74) is 3.91. The molecule has 0 aliphatic rings. The molecule has 0 fully saturated rings. The van der Waals surface area contributed by atoms with E-state index in [-0.39, 0.29) is 28.3 Å². The van der Waals surface area contributed by atoms with Gasteiger partial charge in [0.2, 0.25) is 10.0 Å².